The SMILES string of the molecule is COc1cc(C)c2[nH]ccc2c1C(=O)N1Cc2ccc(C#N)cc2C1. The molecule has 0 unspecified atom stereocenters. The number of nitrogens with one attached hydrogen (secondary N) is 1. The predicted octanol–water partition coefficient (Wildman–Crippen LogP) is 3.51. The Hall–Kier alpha value is -3.26. The number of hydrogen-bond donors (Lipinski definition) is 1. The summed E-state index contributed by atoms with van der Waals surface area (Å²) in [4.78, 5) is 18.2. The molecule has 1 amide bonds. The zero-order chi connectivity index (χ0) is 17.6. The van der Waals surface area contributed by atoms with Crippen molar-refractivity contribution in [3.8, 4) is 11.8 Å². The molecule has 1 N–H and O–H groups in total. The number of hydrogen-bond acceptors (Lipinski definition) is 3. The van der Waals surface area contributed by atoms with Gasteiger partial charge in [0.15, 0.2) is 0 Å². The van der Waals surface area contributed by atoms with Crippen molar-refractivity contribution in [1.82, 2.24) is 9.88 Å². The Morgan fingerprint density at radius 3 is 2.80 bits per heavy atom. The molecule has 2 heterocycles. The van der Waals surface area contributed by atoms with Crippen LogP contribution in [0.3, 0.4) is 0 Å². The summed E-state index contributed by atoms with van der Waals surface area (Å²) in [5, 5.41) is 9.93. The summed E-state index contributed by atoms with van der Waals surface area (Å²) in [5.74, 6) is 0.527. The Labute approximate surface area is 145 Å². The second-order valence-corrected chi connectivity index (χ2v) is 6.29. The molecule has 0 bridgehead atoms. The van der Waals surface area contributed by atoms with Crippen LogP contribution in [0, 0.1) is 18.3 Å². The number of fused-ring (bicyclic) bond motifs is 2. The molecular formula is C20H17N3O2. The second-order valence-electron chi connectivity index (χ2n) is 6.29. The molecule has 25 heavy (non-hydrogen) atoms. The topological polar surface area (TPSA) is 69.1 Å². The highest BCUT2D eigenvalue weighted by Crippen LogP contribution is 2.34. The van der Waals surface area contributed by atoms with Gasteiger partial charge in [0.1, 0.15) is 5.75 Å². The molecule has 0 atom stereocenters. The lowest BCUT2D eigenvalue weighted by atomic mass is 10.0. The molecule has 0 saturated heterocycles. The molecule has 1 aromatic heterocycles. The molecule has 0 saturated carbocycles. The lowest BCUT2D eigenvalue weighted by Crippen LogP contribution is -2.26. The van der Waals surface area contributed by atoms with E-state index in [9.17, 15) is 4.79 Å². The minimum atomic E-state index is -0.0591. The molecule has 1 aliphatic rings. The molecule has 2 aromatic carbocycles. The van der Waals surface area contributed by atoms with E-state index >= 15 is 0 Å². The highest BCUT2D eigenvalue weighted by molar-refractivity contribution is 6.09. The number of methoxy groups -OCH3 is 1. The van der Waals surface area contributed by atoms with Crippen molar-refractivity contribution in [2.24, 2.45) is 0 Å². The lowest BCUT2D eigenvalue weighted by Gasteiger charge is -2.19. The van der Waals surface area contributed by atoms with Crippen LogP contribution in [-0.4, -0.2) is 22.9 Å². The van der Waals surface area contributed by atoms with E-state index in [4.69, 9.17) is 10.00 Å². The Morgan fingerprint density at radius 2 is 2.04 bits per heavy atom. The van der Waals surface area contributed by atoms with Gasteiger partial charge in [0.25, 0.3) is 5.91 Å². The highest BCUT2D eigenvalue weighted by atomic mass is 16.5. The Balaban J connectivity index is 1.76. The molecule has 1 aliphatic heterocycles. The van der Waals surface area contributed by atoms with Gasteiger partial charge in [-0.25, -0.2) is 0 Å². The average molecular weight is 331 g/mol. The molecule has 0 spiro atoms. The third-order valence-electron chi connectivity index (χ3n) is 4.78. The summed E-state index contributed by atoms with van der Waals surface area (Å²) < 4.78 is 5.49. The van der Waals surface area contributed by atoms with Gasteiger partial charge >= 0.3 is 0 Å². The van der Waals surface area contributed by atoms with Gasteiger partial charge in [0.05, 0.1) is 24.3 Å². The molecule has 124 valence electrons. The van der Waals surface area contributed by atoms with Gasteiger partial charge < -0.3 is 14.6 Å². The van der Waals surface area contributed by atoms with Crippen LogP contribution in [0.25, 0.3) is 10.9 Å². The van der Waals surface area contributed by atoms with Crippen molar-refractivity contribution in [1.29, 1.82) is 5.26 Å². The fourth-order valence-corrected chi connectivity index (χ4v) is 3.53. The number of amides is 1. The number of benzene rings is 2. The number of aromatic amines is 1. The Kier molecular flexibility index (Phi) is 3.47. The van der Waals surface area contributed by atoms with E-state index in [-0.39, 0.29) is 5.91 Å². The zero-order valence-corrected chi connectivity index (χ0v) is 14.1. The largest absolute Gasteiger partial charge is 0.496 e. The van der Waals surface area contributed by atoms with E-state index < -0.39 is 0 Å². The molecule has 0 aliphatic carbocycles. The number of aromatic nitrogens is 1. The first kappa shape index (κ1) is 15.3. The van der Waals surface area contributed by atoms with Gasteiger partial charge in [-0.1, -0.05) is 6.07 Å². The first-order chi connectivity index (χ1) is 12.1. The van der Waals surface area contributed by atoms with Crippen molar-refractivity contribution in [2.45, 2.75) is 20.0 Å². The maximum absolute atomic E-state index is 13.2. The van der Waals surface area contributed by atoms with Gasteiger partial charge in [0, 0.05) is 30.2 Å². The summed E-state index contributed by atoms with van der Waals surface area (Å²) in [6.07, 6.45) is 1.84. The van der Waals surface area contributed by atoms with E-state index in [1.807, 2.05) is 37.4 Å². The minimum Gasteiger partial charge on any atom is -0.496 e. The smallest absolute Gasteiger partial charge is 0.258 e. The van der Waals surface area contributed by atoms with Gasteiger partial charge in [-0.2, -0.15) is 5.26 Å². The van der Waals surface area contributed by atoms with Crippen LogP contribution in [0.1, 0.15) is 32.6 Å². The van der Waals surface area contributed by atoms with E-state index in [1.165, 1.54) is 0 Å². The Morgan fingerprint density at radius 1 is 1.24 bits per heavy atom. The van der Waals surface area contributed by atoms with Crippen molar-refractivity contribution >= 4 is 16.8 Å². The number of nitriles is 1. The van der Waals surface area contributed by atoms with Crippen LogP contribution in [0.5, 0.6) is 5.75 Å². The van der Waals surface area contributed by atoms with Gasteiger partial charge in [0.2, 0.25) is 0 Å². The van der Waals surface area contributed by atoms with Gasteiger partial charge in [-0.05, 0) is 47.9 Å². The van der Waals surface area contributed by atoms with E-state index in [0.717, 1.165) is 27.6 Å². The van der Waals surface area contributed by atoms with Crippen LogP contribution < -0.4 is 4.74 Å². The van der Waals surface area contributed by atoms with Crippen LogP contribution in [0.15, 0.2) is 36.5 Å². The molecule has 4 rings (SSSR count). The quantitative estimate of drug-likeness (QED) is 0.781. The van der Waals surface area contributed by atoms with Crippen molar-refractivity contribution in [3.05, 3.63) is 64.3 Å². The van der Waals surface area contributed by atoms with E-state index in [0.29, 0.717) is 30.0 Å². The van der Waals surface area contributed by atoms with Crippen molar-refractivity contribution in [3.63, 3.8) is 0 Å². The van der Waals surface area contributed by atoms with Crippen molar-refractivity contribution in [2.75, 3.05) is 7.11 Å². The van der Waals surface area contributed by atoms with Crippen LogP contribution >= 0.6 is 0 Å². The normalized spacial score (nSPS) is 12.9. The van der Waals surface area contributed by atoms with Crippen molar-refractivity contribution < 1.29 is 9.53 Å². The monoisotopic (exact) mass is 331 g/mol. The summed E-state index contributed by atoms with van der Waals surface area (Å²) in [6.45, 7) is 3.04. The predicted molar refractivity (Wildman–Crippen MR) is 94.3 cm³/mol. The number of carbonyl (C=O) groups is 1. The molecule has 5 nitrogen and oxygen atoms in total. The zero-order valence-electron chi connectivity index (χ0n) is 14.1. The Bertz CT molecular complexity index is 1040. The van der Waals surface area contributed by atoms with Crippen LogP contribution in [0.4, 0.5) is 0 Å². The summed E-state index contributed by atoms with van der Waals surface area (Å²) >= 11 is 0. The highest BCUT2D eigenvalue weighted by Gasteiger charge is 2.28. The lowest BCUT2D eigenvalue weighted by molar-refractivity contribution is 0.0750. The number of carbonyl (C=O) groups excluding carboxylic acids is 1. The first-order valence-corrected chi connectivity index (χ1v) is 8.08. The maximum Gasteiger partial charge on any atom is 0.258 e. The van der Waals surface area contributed by atoms with Gasteiger partial charge in [-0.3, -0.25) is 4.79 Å². The summed E-state index contributed by atoms with van der Waals surface area (Å²) in [6, 6.07) is 11.5. The fourth-order valence-electron chi connectivity index (χ4n) is 3.53. The summed E-state index contributed by atoms with van der Waals surface area (Å²) in [5.41, 5.74) is 5.31. The number of nitrogens with zero attached hydrogens (tertiary/aromatic N) is 2. The van der Waals surface area contributed by atoms with Crippen LogP contribution in [0.2, 0.25) is 0 Å². The van der Waals surface area contributed by atoms with Crippen LogP contribution in [-0.2, 0) is 13.1 Å². The molecule has 5 heteroatoms. The first-order valence-electron chi connectivity index (χ1n) is 8.08. The fraction of sp³-hybridized carbons (Fsp3) is 0.200. The maximum atomic E-state index is 13.2. The summed E-state index contributed by atoms with van der Waals surface area (Å²) in [7, 11) is 1.59. The number of aryl methyl sites for hydroxylation is 1. The second kappa shape index (κ2) is 5.67. The van der Waals surface area contributed by atoms with Gasteiger partial charge in [-0.15, -0.1) is 0 Å². The van der Waals surface area contributed by atoms with E-state index in [2.05, 4.69) is 11.1 Å². The minimum absolute atomic E-state index is 0.0591. The third kappa shape index (κ3) is 2.34. The van der Waals surface area contributed by atoms with E-state index in [1.54, 1.807) is 18.1 Å². The molecular weight excluding hydrogens is 314 g/mol. The molecule has 0 fully saturated rings. The molecule has 3 aromatic rings. The number of H-pyrrole nitrogens is 1. The average Bonchev–Trinajstić information content (AvgIpc) is 3.27. The number of rotatable bonds is 2. The standard InChI is InChI=1S/C20H17N3O2/c1-12-7-17(25-2)18(16-5-6-22-19(12)16)20(24)23-10-14-4-3-13(9-21)8-15(14)11-23/h3-8,22H,10-11H2,1-2H3. The number of ether oxygens (including phenoxy) is 1. The molecule has 0 radical (unpaired) electrons. The third-order valence-corrected chi connectivity index (χ3v) is 4.78.